The van der Waals surface area contributed by atoms with E-state index in [9.17, 15) is 4.79 Å². The van der Waals surface area contributed by atoms with E-state index < -0.39 is 0 Å². The van der Waals surface area contributed by atoms with E-state index in [0.717, 1.165) is 16.7 Å². The maximum atomic E-state index is 11.5. The predicted octanol–water partition coefficient (Wildman–Crippen LogP) is 2.08. The van der Waals surface area contributed by atoms with Crippen LogP contribution in [0.2, 0.25) is 0 Å². The van der Waals surface area contributed by atoms with E-state index in [2.05, 4.69) is 0 Å². The lowest BCUT2D eigenvalue weighted by Gasteiger charge is -2.05. The van der Waals surface area contributed by atoms with E-state index in [1.807, 2.05) is 31.2 Å². The Balaban J connectivity index is 2.47. The molecule has 1 aliphatic heterocycles. The van der Waals surface area contributed by atoms with Crippen molar-refractivity contribution >= 4 is 12.0 Å². The van der Waals surface area contributed by atoms with Crippen LogP contribution in [0.25, 0.3) is 6.08 Å². The van der Waals surface area contributed by atoms with Gasteiger partial charge in [0.2, 0.25) is 0 Å². The molecule has 16 heavy (non-hydrogen) atoms. The molecule has 0 atom stereocenters. The van der Waals surface area contributed by atoms with Gasteiger partial charge in [0.05, 0.1) is 25.9 Å². The molecule has 3 nitrogen and oxygen atoms in total. The highest BCUT2D eigenvalue weighted by Crippen LogP contribution is 2.22. The molecule has 0 radical (unpaired) electrons. The molecule has 0 unspecified atom stereocenters. The maximum Gasteiger partial charge on any atom is 0.336 e. The van der Waals surface area contributed by atoms with Crippen molar-refractivity contribution in [3.63, 3.8) is 0 Å². The van der Waals surface area contributed by atoms with Gasteiger partial charge in [0.15, 0.2) is 0 Å². The van der Waals surface area contributed by atoms with Gasteiger partial charge in [0, 0.05) is 0 Å². The van der Waals surface area contributed by atoms with Crippen LogP contribution >= 0.6 is 0 Å². The summed E-state index contributed by atoms with van der Waals surface area (Å²) in [6, 6.07) is 6.03. The zero-order valence-electron chi connectivity index (χ0n) is 9.45. The first-order valence-corrected chi connectivity index (χ1v) is 5.17. The van der Waals surface area contributed by atoms with Crippen LogP contribution in [0.1, 0.15) is 16.7 Å². The van der Waals surface area contributed by atoms with Gasteiger partial charge in [0.1, 0.15) is 0 Å². The number of hydrogen-bond donors (Lipinski definition) is 0. The van der Waals surface area contributed by atoms with Crippen molar-refractivity contribution in [3.8, 4) is 0 Å². The highest BCUT2D eigenvalue weighted by atomic mass is 16.5. The molecule has 1 aliphatic rings. The second kappa shape index (κ2) is 4.49. The summed E-state index contributed by atoms with van der Waals surface area (Å²) in [7, 11) is 1.38. The molecule has 0 N–H and O–H groups in total. The van der Waals surface area contributed by atoms with Crippen molar-refractivity contribution in [3.05, 3.63) is 40.5 Å². The number of benzene rings is 1. The normalized spacial score (nSPS) is 14.8. The Hall–Kier alpha value is -1.61. The Bertz CT molecular complexity index is 446. The third kappa shape index (κ3) is 1.99. The molecule has 84 valence electrons. The van der Waals surface area contributed by atoms with Crippen LogP contribution in [0.5, 0.6) is 0 Å². The van der Waals surface area contributed by atoms with Crippen molar-refractivity contribution in [2.45, 2.75) is 13.5 Å². The lowest BCUT2D eigenvalue weighted by molar-refractivity contribution is -0.136. The van der Waals surface area contributed by atoms with Crippen molar-refractivity contribution < 1.29 is 14.3 Å². The van der Waals surface area contributed by atoms with Gasteiger partial charge in [-0.25, -0.2) is 4.79 Å². The molecule has 0 bridgehead atoms. The Morgan fingerprint density at radius 1 is 1.38 bits per heavy atom. The average molecular weight is 218 g/mol. The predicted molar refractivity (Wildman–Crippen MR) is 60.8 cm³/mol. The molecule has 1 aromatic carbocycles. The highest BCUT2D eigenvalue weighted by Gasteiger charge is 2.15. The molecule has 2 rings (SSSR count). The van der Waals surface area contributed by atoms with E-state index in [0.29, 0.717) is 18.8 Å². The minimum absolute atomic E-state index is 0.306. The second-order valence-electron chi connectivity index (χ2n) is 3.80. The highest BCUT2D eigenvalue weighted by molar-refractivity contribution is 5.94. The first-order chi connectivity index (χ1) is 7.72. The monoisotopic (exact) mass is 218 g/mol. The van der Waals surface area contributed by atoms with Crippen LogP contribution in [-0.4, -0.2) is 19.7 Å². The third-order valence-electron chi connectivity index (χ3n) is 2.70. The zero-order chi connectivity index (χ0) is 11.5. The van der Waals surface area contributed by atoms with Crippen LogP contribution in [0, 0.1) is 6.92 Å². The molecule has 0 spiro atoms. The summed E-state index contributed by atoms with van der Waals surface area (Å²) in [5.74, 6) is -0.323. The fourth-order valence-corrected chi connectivity index (χ4v) is 1.81. The Labute approximate surface area is 94.7 Å². The van der Waals surface area contributed by atoms with Gasteiger partial charge in [-0.2, -0.15) is 0 Å². The van der Waals surface area contributed by atoms with E-state index in [1.165, 1.54) is 7.11 Å². The Kier molecular flexibility index (Phi) is 3.06. The topological polar surface area (TPSA) is 35.5 Å². The summed E-state index contributed by atoms with van der Waals surface area (Å²) in [6.07, 6.45) is 1.86. The van der Waals surface area contributed by atoms with Gasteiger partial charge in [-0.05, 0) is 29.7 Å². The van der Waals surface area contributed by atoms with Crippen LogP contribution in [0.3, 0.4) is 0 Å². The number of aryl methyl sites for hydroxylation is 1. The van der Waals surface area contributed by atoms with E-state index in [4.69, 9.17) is 9.47 Å². The molecule has 0 saturated heterocycles. The summed E-state index contributed by atoms with van der Waals surface area (Å²) < 4.78 is 10.2. The molecule has 0 aliphatic carbocycles. The lowest BCUT2D eigenvalue weighted by Crippen LogP contribution is -2.09. The molecule has 0 fully saturated rings. The molecule has 1 heterocycles. The van der Waals surface area contributed by atoms with E-state index in [1.54, 1.807) is 0 Å². The molecule has 1 aromatic rings. The SMILES string of the molecule is COC(=O)C1=Cc2c(C)cccc2COC1. The summed E-state index contributed by atoms with van der Waals surface area (Å²) in [5.41, 5.74) is 3.89. The fraction of sp³-hybridized carbons (Fsp3) is 0.308. The third-order valence-corrected chi connectivity index (χ3v) is 2.70. The Morgan fingerprint density at radius 3 is 2.94 bits per heavy atom. The number of carbonyl (C=O) groups is 1. The first-order valence-electron chi connectivity index (χ1n) is 5.17. The summed E-state index contributed by atoms with van der Waals surface area (Å²) in [5, 5.41) is 0. The molecule has 0 saturated carbocycles. The van der Waals surface area contributed by atoms with Crippen LogP contribution in [-0.2, 0) is 20.9 Å². The van der Waals surface area contributed by atoms with Gasteiger partial charge >= 0.3 is 5.97 Å². The standard InChI is InChI=1S/C13H14O3/c1-9-4-3-5-10-7-16-8-11(6-12(9)10)13(14)15-2/h3-6H,7-8H2,1-2H3. The van der Waals surface area contributed by atoms with Crippen molar-refractivity contribution in [1.82, 2.24) is 0 Å². The van der Waals surface area contributed by atoms with Crippen LogP contribution in [0.4, 0.5) is 0 Å². The average Bonchev–Trinajstić information content (AvgIpc) is 2.51. The van der Waals surface area contributed by atoms with Crippen molar-refractivity contribution in [1.29, 1.82) is 0 Å². The fourth-order valence-electron chi connectivity index (χ4n) is 1.81. The summed E-state index contributed by atoms with van der Waals surface area (Å²) in [6.45, 7) is 2.87. The molecular weight excluding hydrogens is 204 g/mol. The van der Waals surface area contributed by atoms with Gasteiger partial charge in [-0.3, -0.25) is 0 Å². The van der Waals surface area contributed by atoms with Crippen LogP contribution in [0.15, 0.2) is 23.8 Å². The Morgan fingerprint density at radius 2 is 2.19 bits per heavy atom. The molecule has 3 heteroatoms. The van der Waals surface area contributed by atoms with Gasteiger partial charge in [-0.15, -0.1) is 0 Å². The van der Waals surface area contributed by atoms with E-state index in [-0.39, 0.29) is 5.97 Å². The van der Waals surface area contributed by atoms with Gasteiger partial charge in [0.25, 0.3) is 0 Å². The number of hydrogen-bond acceptors (Lipinski definition) is 3. The number of esters is 1. The minimum atomic E-state index is -0.323. The lowest BCUT2D eigenvalue weighted by atomic mass is 10.0. The second-order valence-corrected chi connectivity index (χ2v) is 3.80. The number of ether oxygens (including phenoxy) is 2. The first kappa shape index (κ1) is 10.9. The maximum absolute atomic E-state index is 11.5. The number of carbonyl (C=O) groups excluding carboxylic acids is 1. The summed E-state index contributed by atoms with van der Waals surface area (Å²) in [4.78, 5) is 11.5. The van der Waals surface area contributed by atoms with Gasteiger partial charge in [-0.1, -0.05) is 18.2 Å². The molecular formula is C13H14O3. The largest absolute Gasteiger partial charge is 0.466 e. The minimum Gasteiger partial charge on any atom is -0.466 e. The van der Waals surface area contributed by atoms with Gasteiger partial charge < -0.3 is 9.47 Å². The van der Waals surface area contributed by atoms with E-state index >= 15 is 0 Å². The molecule has 0 amide bonds. The van der Waals surface area contributed by atoms with Crippen LogP contribution < -0.4 is 0 Å². The van der Waals surface area contributed by atoms with Crippen molar-refractivity contribution in [2.24, 2.45) is 0 Å². The smallest absolute Gasteiger partial charge is 0.336 e. The number of rotatable bonds is 1. The summed E-state index contributed by atoms with van der Waals surface area (Å²) >= 11 is 0. The quantitative estimate of drug-likeness (QED) is 0.677. The number of fused-ring (bicyclic) bond motifs is 1. The number of methoxy groups -OCH3 is 1. The molecule has 0 aromatic heterocycles. The van der Waals surface area contributed by atoms with Crippen molar-refractivity contribution in [2.75, 3.05) is 13.7 Å². The zero-order valence-corrected chi connectivity index (χ0v) is 9.45.